The highest BCUT2D eigenvalue weighted by Gasteiger charge is 2.46. The lowest BCUT2D eigenvalue weighted by atomic mass is 10.00. The molecule has 0 amide bonds. The second-order valence-corrected chi connectivity index (χ2v) is 17.2. The lowest BCUT2D eigenvalue weighted by Crippen LogP contribution is -2.60. The Morgan fingerprint density at radius 2 is 1.02 bits per heavy atom. The molecule has 13 heteroatoms. The monoisotopic (exact) mass is 821 g/mol. The normalized spacial score (nSPS) is 20.7. The largest absolute Gasteiger partial charge is 0.462 e. The number of carbonyl (C=O) groups is 2. The van der Waals surface area contributed by atoms with E-state index >= 15 is 0 Å². The third-order valence-electron chi connectivity index (χ3n) is 10.3. The van der Waals surface area contributed by atoms with Crippen molar-refractivity contribution in [2.45, 2.75) is 230 Å². The van der Waals surface area contributed by atoms with E-state index in [-0.39, 0.29) is 19.4 Å². The van der Waals surface area contributed by atoms with Gasteiger partial charge in [-0.2, -0.15) is 8.42 Å². The molecule has 1 heterocycles. The summed E-state index contributed by atoms with van der Waals surface area (Å²) in [5.74, 6) is -1.98. The van der Waals surface area contributed by atoms with Crippen LogP contribution in [0.5, 0.6) is 0 Å². The quantitative estimate of drug-likeness (QED) is 0.0203. The predicted molar refractivity (Wildman–Crippen MR) is 220 cm³/mol. The molecule has 0 spiro atoms. The highest BCUT2D eigenvalue weighted by molar-refractivity contribution is 7.85. The molecule has 330 valence electrons. The van der Waals surface area contributed by atoms with Crippen LogP contribution in [0.15, 0.2) is 12.2 Å². The van der Waals surface area contributed by atoms with Gasteiger partial charge in [-0.15, -0.1) is 0 Å². The minimum Gasteiger partial charge on any atom is -0.462 e. The third-order valence-corrected chi connectivity index (χ3v) is 11.1. The van der Waals surface area contributed by atoms with Gasteiger partial charge in [0, 0.05) is 12.8 Å². The number of unbranched alkanes of at least 4 members (excludes halogenated alkanes) is 23. The van der Waals surface area contributed by atoms with Crippen LogP contribution in [0, 0.1) is 0 Å². The predicted octanol–water partition coefficient (Wildman–Crippen LogP) is 8.67. The van der Waals surface area contributed by atoms with Crippen LogP contribution in [0.2, 0.25) is 0 Å². The first-order valence-corrected chi connectivity index (χ1v) is 23.9. The standard InChI is InChI=1S/C43H80O12S/c1-3-5-7-9-11-13-15-17-18-20-22-24-26-28-30-32-39(45)54-36(34-53-43-42(48)41(47)40(46)37(55-43)35-56(49,50)51)33-52-38(44)31-29-27-25-23-21-19-16-14-12-10-8-6-4-2/h17-18,36-37,40-43,46-48H,3-16,19-35H2,1-2H3,(H,49,50,51)/b18-17-. The lowest BCUT2D eigenvalue weighted by Gasteiger charge is -2.40. The van der Waals surface area contributed by atoms with Gasteiger partial charge in [0.05, 0.1) is 6.61 Å². The molecule has 0 aromatic rings. The molecule has 1 rings (SSSR count). The van der Waals surface area contributed by atoms with Crippen molar-refractivity contribution in [1.82, 2.24) is 0 Å². The summed E-state index contributed by atoms with van der Waals surface area (Å²) in [7, 11) is -4.60. The van der Waals surface area contributed by atoms with Crippen LogP contribution >= 0.6 is 0 Å². The molecular weight excluding hydrogens is 741 g/mol. The summed E-state index contributed by atoms with van der Waals surface area (Å²) >= 11 is 0. The summed E-state index contributed by atoms with van der Waals surface area (Å²) in [6, 6.07) is 0. The third kappa shape index (κ3) is 28.7. The van der Waals surface area contributed by atoms with E-state index in [1.807, 2.05) is 0 Å². The molecule has 12 nitrogen and oxygen atoms in total. The molecule has 0 bridgehead atoms. The Morgan fingerprint density at radius 1 is 0.589 bits per heavy atom. The number of esters is 2. The number of ether oxygens (including phenoxy) is 4. The molecule has 0 radical (unpaired) electrons. The fourth-order valence-electron chi connectivity index (χ4n) is 6.85. The van der Waals surface area contributed by atoms with E-state index in [4.69, 9.17) is 18.9 Å². The number of aliphatic hydroxyl groups excluding tert-OH is 3. The van der Waals surface area contributed by atoms with Crippen LogP contribution in [0.4, 0.5) is 0 Å². The van der Waals surface area contributed by atoms with Crippen LogP contribution in [0.25, 0.3) is 0 Å². The van der Waals surface area contributed by atoms with Crippen molar-refractivity contribution in [2.75, 3.05) is 19.0 Å². The first kappa shape index (κ1) is 52.4. The number of hydrogen-bond acceptors (Lipinski definition) is 11. The molecule has 1 aliphatic heterocycles. The van der Waals surface area contributed by atoms with Gasteiger partial charge >= 0.3 is 11.9 Å². The molecule has 6 unspecified atom stereocenters. The fourth-order valence-corrected chi connectivity index (χ4v) is 7.54. The van der Waals surface area contributed by atoms with Crippen molar-refractivity contribution < 1.29 is 56.8 Å². The molecule has 1 aliphatic rings. The Bertz CT molecular complexity index is 1100. The zero-order valence-electron chi connectivity index (χ0n) is 35.0. The molecule has 0 aromatic heterocycles. The van der Waals surface area contributed by atoms with E-state index in [2.05, 4.69) is 26.0 Å². The van der Waals surface area contributed by atoms with E-state index in [0.29, 0.717) is 12.8 Å². The second kappa shape index (κ2) is 34.3. The molecule has 4 N–H and O–H groups in total. The molecule has 56 heavy (non-hydrogen) atoms. The zero-order chi connectivity index (χ0) is 41.3. The first-order chi connectivity index (χ1) is 27.0. The zero-order valence-corrected chi connectivity index (χ0v) is 35.8. The van der Waals surface area contributed by atoms with Crippen molar-refractivity contribution in [2.24, 2.45) is 0 Å². The Labute approximate surface area is 339 Å². The lowest BCUT2D eigenvalue weighted by molar-refractivity contribution is -0.297. The average Bonchev–Trinajstić information content (AvgIpc) is 3.16. The number of carbonyl (C=O) groups excluding carboxylic acids is 2. The first-order valence-electron chi connectivity index (χ1n) is 22.2. The van der Waals surface area contributed by atoms with E-state index in [9.17, 15) is 37.9 Å². The molecule has 1 fully saturated rings. The maximum atomic E-state index is 12.8. The maximum Gasteiger partial charge on any atom is 0.306 e. The molecule has 0 saturated carbocycles. The summed E-state index contributed by atoms with van der Waals surface area (Å²) in [5.41, 5.74) is 0. The van der Waals surface area contributed by atoms with Crippen molar-refractivity contribution in [1.29, 1.82) is 0 Å². The highest BCUT2D eigenvalue weighted by atomic mass is 32.2. The van der Waals surface area contributed by atoms with E-state index in [1.165, 1.54) is 96.3 Å². The Kier molecular flexibility index (Phi) is 32.1. The van der Waals surface area contributed by atoms with Gasteiger partial charge in [-0.05, 0) is 38.5 Å². The Hall–Kier alpha value is -1.61. The van der Waals surface area contributed by atoms with Gasteiger partial charge in [0.1, 0.15) is 36.8 Å². The number of aliphatic hydroxyl groups is 3. The second-order valence-electron chi connectivity index (χ2n) is 15.7. The van der Waals surface area contributed by atoms with E-state index in [1.54, 1.807) is 0 Å². The highest BCUT2D eigenvalue weighted by Crippen LogP contribution is 2.24. The number of rotatable bonds is 37. The molecule has 1 saturated heterocycles. The van der Waals surface area contributed by atoms with Crippen molar-refractivity contribution in [3.8, 4) is 0 Å². The fraction of sp³-hybridized carbons (Fsp3) is 0.907. The van der Waals surface area contributed by atoms with Gasteiger partial charge < -0.3 is 34.3 Å². The number of hydrogen-bond donors (Lipinski definition) is 4. The summed E-state index contributed by atoms with van der Waals surface area (Å²) in [6.45, 7) is 3.75. The SMILES string of the molecule is CCCCCCCC/C=C\CCCCCCCC(=O)OC(COC(=O)CCCCCCCCCCCCCCC)COC1OC(CS(=O)(=O)O)C(O)C(O)C1O. The van der Waals surface area contributed by atoms with Crippen molar-refractivity contribution >= 4 is 22.1 Å². The molecule has 6 atom stereocenters. The summed E-state index contributed by atoms with van der Waals surface area (Å²) < 4.78 is 54.0. The van der Waals surface area contributed by atoms with Crippen LogP contribution < -0.4 is 0 Å². The van der Waals surface area contributed by atoms with Crippen molar-refractivity contribution in [3.63, 3.8) is 0 Å². The minimum atomic E-state index is -4.60. The van der Waals surface area contributed by atoms with Gasteiger partial charge in [0.25, 0.3) is 10.1 Å². The minimum absolute atomic E-state index is 0.158. The summed E-state index contributed by atoms with van der Waals surface area (Å²) in [4.78, 5) is 25.3. The van der Waals surface area contributed by atoms with Gasteiger partial charge in [0.15, 0.2) is 12.4 Å². The topological polar surface area (TPSA) is 186 Å². The van der Waals surface area contributed by atoms with Crippen LogP contribution in [-0.2, 0) is 38.7 Å². The van der Waals surface area contributed by atoms with Gasteiger partial charge in [-0.1, -0.05) is 154 Å². The molecule has 0 aliphatic carbocycles. The van der Waals surface area contributed by atoms with Gasteiger partial charge in [0.2, 0.25) is 0 Å². The van der Waals surface area contributed by atoms with E-state index < -0.39 is 71.2 Å². The van der Waals surface area contributed by atoms with Crippen LogP contribution in [0.3, 0.4) is 0 Å². The molecular formula is C43H80O12S. The maximum absolute atomic E-state index is 12.8. The van der Waals surface area contributed by atoms with Crippen LogP contribution in [-0.4, -0.2) is 96.0 Å². The van der Waals surface area contributed by atoms with Crippen LogP contribution in [0.1, 0.15) is 194 Å². The molecule has 0 aromatic carbocycles. The van der Waals surface area contributed by atoms with E-state index in [0.717, 1.165) is 57.8 Å². The smallest absolute Gasteiger partial charge is 0.306 e. The number of allylic oxidation sites excluding steroid dienone is 2. The Balaban J connectivity index is 2.46. The summed E-state index contributed by atoms with van der Waals surface area (Å²) in [5, 5.41) is 30.8. The van der Waals surface area contributed by atoms with Gasteiger partial charge in [-0.25, -0.2) is 0 Å². The average molecular weight is 821 g/mol. The summed E-state index contributed by atoms with van der Waals surface area (Å²) in [6.07, 6.45) is 25.4. The van der Waals surface area contributed by atoms with Crippen molar-refractivity contribution in [3.05, 3.63) is 12.2 Å². The van der Waals surface area contributed by atoms with Gasteiger partial charge in [-0.3, -0.25) is 14.1 Å². The Morgan fingerprint density at radius 3 is 1.48 bits per heavy atom.